The molecule has 98 valence electrons. The highest BCUT2D eigenvalue weighted by Gasteiger charge is 2.23. The molecule has 0 saturated heterocycles. The highest BCUT2D eigenvalue weighted by atomic mass is 16.1. The summed E-state index contributed by atoms with van der Waals surface area (Å²) < 4.78 is 0. The van der Waals surface area contributed by atoms with Gasteiger partial charge in [0.1, 0.15) is 0 Å². The maximum absolute atomic E-state index is 12.2. The highest BCUT2D eigenvalue weighted by molar-refractivity contribution is 5.99. The van der Waals surface area contributed by atoms with Gasteiger partial charge in [-0.15, -0.1) is 0 Å². The molecule has 0 aromatic heterocycles. The molecule has 1 aromatic carbocycles. The molecule has 18 heavy (non-hydrogen) atoms. The molecule has 1 atom stereocenters. The highest BCUT2D eigenvalue weighted by Crippen LogP contribution is 2.27. The van der Waals surface area contributed by atoms with Crippen LogP contribution in [0.5, 0.6) is 0 Å². The number of benzene rings is 1. The van der Waals surface area contributed by atoms with Gasteiger partial charge in [0.2, 0.25) is 0 Å². The van der Waals surface area contributed by atoms with Crippen molar-refractivity contribution in [3.63, 3.8) is 0 Å². The topological polar surface area (TPSA) is 55.1 Å². The van der Waals surface area contributed by atoms with Gasteiger partial charge in [-0.1, -0.05) is 24.5 Å². The van der Waals surface area contributed by atoms with Crippen LogP contribution in [0.15, 0.2) is 18.2 Å². The number of carbonyl (C=O) groups is 1. The molecule has 0 aliphatic heterocycles. The van der Waals surface area contributed by atoms with Crippen LogP contribution < -0.4 is 11.1 Å². The summed E-state index contributed by atoms with van der Waals surface area (Å²) in [5.41, 5.74) is 8.07. The predicted octanol–water partition coefficient (Wildman–Crippen LogP) is 2.89. The summed E-state index contributed by atoms with van der Waals surface area (Å²) in [6, 6.07) is 5.81. The number of nitrogens with one attached hydrogen (secondary N) is 1. The number of hydrogen-bond acceptors (Lipinski definition) is 2. The lowest BCUT2D eigenvalue weighted by Crippen LogP contribution is -2.37. The van der Waals surface area contributed by atoms with E-state index in [1.165, 1.54) is 25.7 Å². The van der Waals surface area contributed by atoms with Gasteiger partial charge in [0.15, 0.2) is 0 Å². The van der Waals surface area contributed by atoms with Crippen molar-refractivity contribution >= 4 is 11.6 Å². The molecule has 1 aliphatic carbocycles. The summed E-state index contributed by atoms with van der Waals surface area (Å²) >= 11 is 0. The number of aryl methyl sites for hydroxylation is 1. The maximum atomic E-state index is 12.2. The minimum Gasteiger partial charge on any atom is -0.398 e. The van der Waals surface area contributed by atoms with Crippen LogP contribution in [-0.4, -0.2) is 11.9 Å². The minimum atomic E-state index is -0.0457. The van der Waals surface area contributed by atoms with E-state index in [9.17, 15) is 4.79 Å². The number of carbonyl (C=O) groups excluding carboxylic acids is 1. The Morgan fingerprint density at radius 2 is 2.06 bits per heavy atom. The molecule has 0 spiro atoms. The maximum Gasteiger partial charge on any atom is 0.253 e. The Labute approximate surface area is 109 Å². The third-order valence-corrected chi connectivity index (χ3v) is 3.92. The van der Waals surface area contributed by atoms with Crippen molar-refractivity contribution in [1.29, 1.82) is 0 Å². The average Bonchev–Trinajstić information content (AvgIpc) is 2.85. The zero-order chi connectivity index (χ0) is 13.1. The average molecular weight is 246 g/mol. The normalized spacial score (nSPS) is 17.7. The van der Waals surface area contributed by atoms with Crippen molar-refractivity contribution in [3.8, 4) is 0 Å². The predicted molar refractivity (Wildman–Crippen MR) is 74.5 cm³/mol. The van der Waals surface area contributed by atoms with Crippen molar-refractivity contribution in [2.75, 3.05) is 5.73 Å². The summed E-state index contributed by atoms with van der Waals surface area (Å²) in [4.78, 5) is 12.2. The van der Waals surface area contributed by atoms with E-state index in [-0.39, 0.29) is 11.9 Å². The molecule has 1 aromatic rings. The molecule has 0 heterocycles. The minimum absolute atomic E-state index is 0.0457. The lowest BCUT2D eigenvalue weighted by Gasteiger charge is -2.20. The van der Waals surface area contributed by atoms with E-state index in [1.54, 1.807) is 6.07 Å². The molecule has 3 heteroatoms. The molecule has 3 nitrogen and oxygen atoms in total. The quantitative estimate of drug-likeness (QED) is 0.806. The monoisotopic (exact) mass is 246 g/mol. The summed E-state index contributed by atoms with van der Waals surface area (Å²) in [5.74, 6) is 0.579. The Kier molecular flexibility index (Phi) is 3.90. The van der Waals surface area contributed by atoms with E-state index >= 15 is 0 Å². The fourth-order valence-electron chi connectivity index (χ4n) is 2.73. The summed E-state index contributed by atoms with van der Waals surface area (Å²) in [6.07, 6.45) is 5.03. The van der Waals surface area contributed by atoms with Crippen molar-refractivity contribution in [1.82, 2.24) is 5.32 Å². The van der Waals surface area contributed by atoms with E-state index in [0.29, 0.717) is 17.2 Å². The van der Waals surface area contributed by atoms with Crippen LogP contribution in [0.3, 0.4) is 0 Å². The van der Waals surface area contributed by atoms with Gasteiger partial charge in [0.05, 0.1) is 5.56 Å². The standard InChI is InChI=1S/C15H22N2O/c1-10-7-8-14(16)13(9-10)15(18)17-11(2)12-5-3-4-6-12/h7-9,11-12H,3-6,16H2,1-2H3,(H,17,18). The second-order valence-corrected chi connectivity index (χ2v) is 5.40. The Bertz CT molecular complexity index is 436. The third-order valence-electron chi connectivity index (χ3n) is 3.92. The van der Waals surface area contributed by atoms with E-state index in [4.69, 9.17) is 5.73 Å². The van der Waals surface area contributed by atoms with Gasteiger partial charge in [-0.05, 0) is 44.7 Å². The van der Waals surface area contributed by atoms with Gasteiger partial charge in [0, 0.05) is 11.7 Å². The Morgan fingerprint density at radius 3 is 2.72 bits per heavy atom. The second kappa shape index (κ2) is 5.42. The van der Waals surface area contributed by atoms with Gasteiger partial charge in [-0.25, -0.2) is 0 Å². The number of anilines is 1. The lowest BCUT2D eigenvalue weighted by molar-refractivity contribution is 0.0928. The molecule has 1 fully saturated rings. The second-order valence-electron chi connectivity index (χ2n) is 5.40. The number of amides is 1. The van der Waals surface area contributed by atoms with Crippen LogP contribution in [0.1, 0.15) is 48.5 Å². The van der Waals surface area contributed by atoms with Gasteiger partial charge in [-0.2, -0.15) is 0 Å². The molecular formula is C15H22N2O. The zero-order valence-electron chi connectivity index (χ0n) is 11.2. The first-order chi connectivity index (χ1) is 8.58. The first-order valence-corrected chi connectivity index (χ1v) is 6.75. The lowest BCUT2D eigenvalue weighted by atomic mass is 9.99. The van der Waals surface area contributed by atoms with Crippen LogP contribution in [0.2, 0.25) is 0 Å². The number of hydrogen-bond donors (Lipinski definition) is 2. The Hall–Kier alpha value is -1.51. The van der Waals surface area contributed by atoms with Crippen LogP contribution in [-0.2, 0) is 0 Å². The third kappa shape index (κ3) is 2.84. The van der Waals surface area contributed by atoms with Crippen LogP contribution >= 0.6 is 0 Å². The largest absolute Gasteiger partial charge is 0.398 e. The van der Waals surface area contributed by atoms with E-state index in [0.717, 1.165) is 5.56 Å². The molecule has 1 amide bonds. The number of nitrogen functional groups attached to an aromatic ring is 1. The van der Waals surface area contributed by atoms with Crippen LogP contribution in [0, 0.1) is 12.8 Å². The molecule has 0 bridgehead atoms. The molecular weight excluding hydrogens is 224 g/mol. The van der Waals surface area contributed by atoms with E-state index < -0.39 is 0 Å². The summed E-state index contributed by atoms with van der Waals surface area (Å²) in [6.45, 7) is 4.07. The fraction of sp³-hybridized carbons (Fsp3) is 0.533. The molecule has 2 rings (SSSR count). The first kappa shape index (κ1) is 12.9. The van der Waals surface area contributed by atoms with E-state index in [1.807, 2.05) is 19.1 Å². The molecule has 1 saturated carbocycles. The summed E-state index contributed by atoms with van der Waals surface area (Å²) in [5, 5.41) is 3.09. The Balaban J connectivity index is 2.04. The van der Waals surface area contributed by atoms with Crippen molar-refractivity contribution in [2.24, 2.45) is 5.92 Å². The number of rotatable bonds is 3. The smallest absolute Gasteiger partial charge is 0.253 e. The molecule has 0 radical (unpaired) electrons. The first-order valence-electron chi connectivity index (χ1n) is 6.75. The van der Waals surface area contributed by atoms with E-state index in [2.05, 4.69) is 12.2 Å². The van der Waals surface area contributed by atoms with Gasteiger partial charge in [-0.3, -0.25) is 4.79 Å². The van der Waals surface area contributed by atoms with Crippen LogP contribution in [0.4, 0.5) is 5.69 Å². The fourth-order valence-corrected chi connectivity index (χ4v) is 2.73. The molecule has 3 N–H and O–H groups in total. The molecule has 1 aliphatic rings. The Morgan fingerprint density at radius 1 is 1.39 bits per heavy atom. The van der Waals surface area contributed by atoms with Crippen molar-refractivity contribution in [3.05, 3.63) is 29.3 Å². The zero-order valence-corrected chi connectivity index (χ0v) is 11.2. The van der Waals surface area contributed by atoms with Gasteiger partial charge < -0.3 is 11.1 Å². The summed E-state index contributed by atoms with van der Waals surface area (Å²) in [7, 11) is 0. The van der Waals surface area contributed by atoms with Gasteiger partial charge >= 0.3 is 0 Å². The van der Waals surface area contributed by atoms with Crippen molar-refractivity contribution < 1.29 is 4.79 Å². The van der Waals surface area contributed by atoms with Crippen molar-refractivity contribution in [2.45, 2.75) is 45.6 Å². The van der Waals surface area contributed by atoms with Crippen LogP contribution in [0.25, 0.3) is 0 Å². The SMILES string of the molecule is Cc1ccc(N)c(C(=O)NC(C)C2CCCC2)c1. The molecule has 1 unspecified atom stereocenters. The van der Waals surface area contributed by atoms with Gasteiger partial charge in [0.25, 0.3) is 5.91 Å². The number of nitrogens with two attached hydrogens (primary N) is 1.